The Morgan fingerprint density at radius 2 is 1.38 bits per heavy atom. The number of ether oxygens (including phenoxy) is 1. The Hall–Kier alpha value is -2.21. The summed E-state index contributed by atoms with van der Waals surface area (Å²) in [5.74, 6) is 0.693. The summed E-state index contributed by atoms with van der Waals surface area (Å²) in [6.45, 7) is 26.6. The van der Waals surface area contributed by atoms with Crippen molar-refractivity contribution < 1.29 is 9.53 Å². The van der Waals surface area contributed by atoms with E-state index in [0.717, 1.165) is 95.0 Å². The van der Waals surface area contributed by atoms with E-state index in [1.807, 2.05) is 0 Å². The molecule has 2 atom stereocenters. The van der Waals surface area contributed by atoms with Crippen LogP contribution in [0.15, 0.2) is 42.5 Å². The van der Waals surface area contributed by atoms with Gasteiger partial charge in [-0.15, -0.1) is 0 Å². The first kappa shape index (κ1) is 32.3. The third kappa shape index (κ3) is 8.18. The smallest absolute Gasteiger partial charge is 0.317 e. The minimum Gasteiger partial charge on any atom is -0.425 e. The summed E-state index contributed by atoms with van der Waals surface area (Å²) in [6.07, 6.45) is 2.86. The van der Waals surface area contributed by atoms with E-state index in [1.54, 1.807) is 0 Å². The van der Waals surface area contributed by atoms with Gasteiger partial charge in [-0.2, -0.15) is 0 Å². The molecule has 1 aliphatic carbocycles. The van der Waals surface area contributed by atoms with Crippen molar-refractivity contribution in [2.75, 3.05) is 52.4 Å². The second-order valence-corrected chi connectivity index (χ2v) is 12.3. The number of hydrogen-bond donors (Lipinski definition) is 0. The molecule has 2 aromatic rings. The van der Waals surface area contributed by atoms with Gasteiger partial charge in [-0.25, -0.2) is 0 Å². The lowest BCUT2D eigenvalue weighted by Crippen LogP contribution is -2.39. The van der Waals surface area contributed by atoms with E-state index in [9.17, 15) is 4.79 Å². The molecule has 0 heterocycles. The molecule has 2 unspecified atom stereocenters. The molecule has 3 rings (SSSR count). The van der Waals surface area contributed by atoms with Gasteiger partial charge >= 0.3 is 5.97 Å². The number of carbonyl (C=O) groups excluding carboxylic acids is 1. The molecule has 0 aromatic heterocycles. The topological polar surface area (TPSA) is 36.0 Å². The Balaban J connectivity index is 1.76. The van der Waals surface area contributed by atoms with Crippen LogP contribution in [0.25, 0.3) is 0 Å². The normalized spacial score (nSPS) is 20.5. The van der Waals surface area contributed by atoms with Gasteiger partial charge in [0.15, 0.2) is 0 Å². The molecule has 5 heteroatoms. The van der Waals surface area contributed by atoms with Gasteiger partial charge in [-0.05, 0) is 82.8 Å². The zero-order chi connectivity index (χ0) is 29.3. The zero-order valence-corrected chi connectivity index (χ0v) is 26.7. The van der Waals surface area contributed by atoms with E-state index in [2.05, 4.69) is 113 Å². The summed E-state index contributed by atoms with van der Waals surface area (Å²) in [5, 5.41) is 0. The monoisotopic (exact) mass is 549 g/mol. The number of nitrogens with zero attached hydrogens (tertiary/aromatic N) is 3. The van der Waals surface area contributed by atoms with Crippen LogP contribution in [-0.2, 0) is 17.8 Å². The van der Waals surface area contributed by atoms with E-state index >= 15 is 0 Å². The van der Waals surface area contributed by atoms with Gasteiger partial charge < -0.3 is 14.5 Å². The maximum atomic E-state index is 13.7. The van der Waals surface area contributed by atoms with Crippen LogP contribution in [0.1, 0.15) is 76.6 Å². The first-order valence-corrected chi connectivity index (χ1v) is 15.6. The van der Waals surface area contributed by atoms with E-state index in [1.165, 1.54) is 11.1 Å². The third-order valence-corrected chi connectivity index (χ3v) is 9.55. The molecule has 1 saturated carbocycles. The fourth-order valence-electron chi connectivity index (χ4n) is 6.15. The van der Waals surface area contributed by atoms with Crippen LogP contribution in [0, 0.1) is 24.7 Å². The van der Waals surface area contributed by atoms with Crippen LogP contribution in [-0.4, -0.2) is 73.0 Å². The molecule has 0 N–H and O–H groups in total. The van der Waals surface area contributed by atoms with Crippen molar-refractivity contribution in [3.63, 3.8) is 0 Å². The second-order valence-electron chi connectivity index (χ2n) is 12.3. The molecule has 0 amide bonds. The largest absolute Gasteiger partial charge is 0.425 e. The van der Waals surface area contributed by atoms with Crippen LogP contribution in [0.5, 0.6) is 5.75 Å². The van der Waals surface area contributed by atoms with E-state index < -0.39 is 5.41 Å². The third-order valence-electron chi connectivity index (χ3n) is 9.55. The standard InChI is InChI=1S/C35H55N3O2/c1-9-36(10-2)20-22-38(23-21-37(11-3)12-4)26-31-25-28(5)24-29(6)32(31)40-33(39)35(8)27-34(35,7)19-18-30-16-14-13-15-17-30/h13-17,24-25H,9-12,18-23,26-27H2,1-8H3. The summed E-state index contributed by atoms with van der Waals surface area (Å²) in [4.78, 5) is 21.2. The van der Waals surface area contributed by atoms with Gasteiger partial charge in [-0.3, -0.25) is 9.69 Å². The minimum absolute atomic E-state index is 0.0295. The van der Waals surface area contributed by atoms with E-state index in [4.69, 9.17) is 4.74 Å². The summed E-state index contributed by atoms with van der Waals surface area (Å²) in [5.41, 5.74) is 4.24. The lowest BCUT2D eigenvalue weighted by Gasteiger charge is -2.29. The minimum atomic E-state index is -0.443. The second kappa shape index (κ2) is 14.6. The predicted molar refractivity (Wildman–Crippen MR) is 168 cm³/mol. The molecule has 222 valence electrons. The molecule has 0 saturated heterocycles. The molecule has 5 nitrogen and oxygen atoms in total. The summed E-state index contributed by atoms with van der Waals surface area (Å²) in [6, 6.07) is 15.0. The van der Waals surface area contributed by atoms with Crippen molar-refractivity contribution >= 4 is 5.97 Å². The van der Waals surface area contributed by atoms with Crippen LogP contribution < -0.4 is 4.74 Å². The lowest BCUT2D eigenvalue weighted by molar-refractivity contribution is -0.141. The molecular formula is C35H55N3O2. The lowest BCUT2D eigenvalue weighted by atomic mass is 9.90. The van der Waals surface area contributed by atoms with Gasteiger partial charge in [0.05, 0.1) is 5.41 Å². The molecule has 1 fully saturated rings. The fourth-order valence-corrected chi connectivity index (χ4v) is 6.15. The maximum absolute atomic E-state index is 13.7. The van der Waals surface area contributed by atoms with Crippen molar-refractivity contribution in [1.82, 2.24) is 14.7 Å². The number of benzene rings is 2. The van der Waals surface area contributed by atoms with Gasteiger partial charge in [0.1, 0.15) is 5.75 Å². The Kier molecular flexibility index (Phi) is 11.8. The maximum Gasteiger partial charge on any atom is 0.317 e. The van der Waals surface area contributed by atoms with E-state index in [-0.39, 0.29) is 11.4 Å². The van der Waals surface area contributed by atoms with Gasteiger partial charge in [0, 0.05) is 38.3 Å². The number of aryl methyl sites for hydroxylation is 3. The first-order chi connectivity index (χ1) is 19.1. The van der Waals surface area contributed by atoms with Crippen molar-refractivity contribution in [3.8, 4) is 5.75 Å². The number of likely N-dealkylation sites (N-methyl/N-ethyl adjacent to an activating group) is 2. The highest BCUT2D eigenvalue weighted by Gasteiger charge is 2.66. The van der Waals surface area contributed by atoms with Crippen molar-refractivity contribution in [1.29, 1.82) is 0 Å². The molecule has 0 radical (unpaired) electrons. The molecule has 0 bridgehead atoms. The first-order valence-electron chi connectivity index (χ1n) is 15.6. The number of carbonyl (C=O) groups is 1. The van der Waals surface area contributed by atoms with Crippen LogP contribution >= 0.6 is 0 Å². The molecule has 2 aromatic carbocycles. The van der Waals surface area contributed by atoms with Crippen LogP contribution in [0.3, 0.4) is 0 Å². The molecule has 40 heavy (non-hydrogen) atoms. The van der Waals surface area contributed by atoms with Gasteiger partial charge in [-0.1, -0.05) is 82.6 Å². The highest BCUT2D eigenvalue weighted by atomic mass is 16.5. The van der Waals surface area contributed by atoms with Crippen LogP contribution in [0.2, 0.25) is 0 Å². The summed E-state index contributed by atoms with van der Waals surface area (Å²) >= 11 is 0. The van der Waals surface area contributed by atoms with Crippen molar-refractivity contribution in [2.24, 2.45) is 10.8 Å². The molecule has 1 aliphatic rings. The molecule has 0 spiro atoms. The molecule has 0 aliphatic heterocycles. The average molecular weight is 550 g/mol. The number of hydrogen-bond acceptors (Lipinski definition) is 5. The Morgan fingerprint density at radius 3 is 1.93 bits per heavy atom. The fraction of sp³-hybridized carbons (Fsp3) is 0.629. The Labute approximate surface area is 244 Å². The Morgan fingerprint density at radius 1 is 0.825 bits per heavy atom. The molecular weight excluding hydrogens is 494 g/mol. The van der Waals surface area contributed by atoms with Crippen molar-refractivity contribution in [2.45, 2.75) is 81.2 Å². The number of esters is 1. The average Bonchev–Trinajstić information content (AvgIpc) is 3.52. The SMILES string of the molecule is CCN(CC)CCN(CCN(CC)CC)Cc1cc(C)cc(C)c1OC(=O)C1(C)CC1(C)CCc1ccccc1. The summed E-state index contributed by atoms with van der Waals surface area (Å²) in [7, 11) is 0. The zero-order valence-electron chi connectivity index (χ0n) is 26.7. The van der Waals surface area contributed by atoms with Crippen LogP contribution in [0.4, 0.5) is 0 Å². The Bertz CT molecular complexity index is 1060. The van der Waals surface area contributed by atoms with Crippen molar-refractivity contribution in [3.05, 3.63) is 64.7 Å². The summed E-state index contributed by atoms with van der Waals surface area (Å²) < 4.78 is 6.36. The number of rotatable bonds is 17. The predicted octanol–water partition coefficient (Wildman–Crippen LogP) is 6.74. The van der Waals surface area contributed by atoms with E-state index in [0.29, 0.717) is 0 Å². The van der Waals surface area contributed by atoms with Gasteiger partial charge in [0.25, 0.3) is 0 Å². The highest BCUT2D eigenvalue weighted by Crippen LogP contribution is 2.66. The quantitative estimate of drug-likeness (QED) is 0.161. The van der Waals surface area contributed by atoms with Gasteiger partial charge in [0.2, 0.25) is 0 Å². The highest BCUT2D eigenvalue weighted by molar-refractivity contribution is 5.84.